The number of hydrazine groups is 1. The van der Waals surface area contributed by atoms with Gasteiger partial charge in [0, 0.05) is 12.0 Å². The number of carbonyl (C=O) groups excluding carboxylic acids is 1. The van der Waals surface area contributed by atoms with E-state index in [0.717, 1.165) is 40.2 Å². The van der Waals surface area contributed by atoms with Gasteiger partial charge in [0.2, 0.25) is 0 Å². The van der Waals surface area contributed by atoms with Crippen molar-refractivity contribution < 1.29 is 14.3 Å². The first kappa shape index (κ1) is 14.7. The van der Waals surface area contributed by atoms with Gasteiger partial charge in [-0.15, -0.1) is 0 Å². The molecule has 1 aliphatic heterocycles. The van der Waals surface area contributed by atoms with Gasteiger partial charge >= 0.3 is 0 Å². The Morgan fingerprint density at radius 2 is 1.95 bits per heavy atom. The van der Waals surface area contributed by atoms with Crippen LogP contribution in [0.15, 0.2) is 0 Å². The highest BCUT2D eigenvalue weighted by Crippen LogP contribution is 2.43. The molecule has 0 fully saturated rings. The minimum absolute atomic E-state index is 0.298. The number of fused-ring (bicyclic) bond motifs is 1. The lowest BCUT2D eigenvalue weighted by molar-refractivity contribution is -0.137. The molecule has 1 aromatic rings. The summed E-state index contributed by atoms with van der Waals surface area (Å²) in [5.41, 5.74) is 5.53. The van der Waals surface area contributed by atoms with Crippen LogP contribution in [0.4, 0.5) is 0 Å². The van der Waals surface area contributed by atoms with Gasteiger partial charge in [0.1, 0.15) is 11.5 Å². The quantitative estimate of drug-likeness (QED) is 0.490. The molecule has 2 rings (SSSR count). The van der Waals surface area contributed by atoms with E-state index in [2.05, 4.69) is 5.43 Å². The monoisotopic (exact) mass is 278 g/mol. The van der Waals surface area contributed by atoms with Crippen molar-refractivity contribution in [2.24, 2.45) is 5.84 Å². The first-order valence-corrected chi connectivity index (χ1v) is 6.72. The Kier molecular flexibility index (Phi) is 3.65. The van der Waals surface area contributed by atoms with Crippen LogP contribution >= 0.6 is 0 Å². The molecule has 1 atom stereocenters. The molecule has 0 spiro atoms. The van der Waals surface area contributed by atoms with Crippen LogP contribution in [0.3, 0.4) is 0 Å². The summed E-state index contributed by atoms with van der Waals surface area (Å²) in [6.45, 7) is 7.79. The Hall–Kier alpha value is -1.75. The minimum atomic E-state index is -0.917. The standard InChI is InChI=1S/C15H22N2O3/c1-8-9(2)13-11(10(3)12(8)19-5)6-7-15(4,20-13)14(18)17-16/h6-7,16H2,1-5H3,(H,17,18). The molecule has 5 heteroatoms. The van der Waals surface area contributed by atoms with E-state index in [0.29, 0.717) is 6.42 Å². The molecule has 1 heterocycles. The fourth-order valence-electron chi connectivity index (χ4n) is 2.85. The van der Waals surface area contributed by atoms with E-state index >= 15 is 0 Å². The first-order valence-electron chi connectivity index (χ1n) is 6.72. The Morgan fingerprint density at radius 3 is 2.50 bits per heavy atom. The fourth-order valence-corrected chi connectivity index (χ4v) is 2.85. The zero-order chi connectivity index (χ0) is 15.1. The van der Waals surface area contributed by atoms with Gasteiger partial charge < -0.3 is 9.47 Å². The molecular formula is C15H22N2O3. The number of amides is 1. The molecule has 5 nitrogen and oxygen atoms in total. The van der Waals surface area contributed by atoms with Crippen molar-refractivity contribution in [1.29, 1.82) is 0 Å². The van der Waals surface area contributed by atoms with Crippen LogP contribution in [0.25, 0.3) is 0 Å². The summed E-state index contributed by atoms with van der Waals surface area (Å²) >= 11 is 0. The second-order valence-corrected chi connectivity index (χ2v) is 5.52. The van der Waals surface area contributed by atoms with Crippen LogP contribution in [0.2, 0.25) is 0 Å². The molecular weight excluding hydrogens is 256 g/mol. The van der Waals surface area contributed by atoms with E-state index < -0.39 is 5.60 Å². The van der Waals surface area contributed by atoms with Crippen molar-refractivity contribution in [3.05, 3.63) is 22.3 Å². The van der Waals surface area contributed by atoms with Gasteiger partial charge in [0.25, 0.3) is 5.91 Å². The van der Waals surface area contributed by atoms with Gasteiger partial charge in [-0.2, -0.15) is 0 Å². The van der Waals surface area contributed by atoms with Crippen LogP contribution in [-0.2, 0) is 11.2 Å². The van der Waals surface area contributed by atoms with Crippen LogP contribution in [0, 0.1) is 20.8 Å². The van der Waals surface area contributed by atoms with Gasteiger partial charge in [-0.25, -0.2) is 5.84 Å². The zero-order valence-electron chi connectivity index (χ0n) is 12.7. The molecule has 1 aliphatic rings. The van der Waals surface area contributed by atoms with Crippen molar-refractivity contribution in [3.8, 4) is 11.5 Å². The van der Waals surface area contributed by atoms with Gasteiger partial charge in [-0.3, -0.25) is 10.2 Å². The average molecular weight is 278 g/mol. The lowest BCUT2D eigenvalue weighted by Gasteiger charge is -2.36. The molecule has 0 saturated heterocycles. The first-order chi connectivity index (χ1) is 9.35. The van der Waals surface area contributed by atoms with E-state index in [-0.39, 0.29) is 5.91 Å². The molecule has 20 heavy (non-hydrogen) atoms. The van der Waals surface area contributed by atoms with E-state index in [9.17, 15) is 4.79 Å². The number of methoxy groups -OCH3 is 1. The minimum Gasteiger partial charge on any atom is -0.496 e. The largest absolute Gasteiger partial charge is 0.496 e. The summed E-state index contributed by atoms with van der Waals surface area (Å²) in [6, 6.07) is 0. The molecule has 0 aromatic heterocycles. The molecule has 0 bridgehead atoms. The third-order valence-electron chi connectivity index (χ3n) is 4.31. The van der Waals surface area contributed by atoms with E-state index in [1.54, 1.807) is 14.0 Å². The molecule has 3 N–H and O–H groups in total. The Balaban J connectivity index is 2.56. The summed E-state index contributed by atoms with van der Waals surface area (Å²) in [6.07, 6.45) is 1.36. The number of carbonyl (C=O) groups is 1. The number of rotatable bonds is 2. The fraction of sp³-hybridized carbons (Fsp3) is 0.533. The lowest BCUT2D eigenvalue weighted by atomic mass is 9.87. The summed E-state index contributed by atoms with van der Waals surface area (Å²) in [5, 5.41) is 0. The summed E-state index contributed by atoms with van der Waals surface area (Å²) in [5.74, 6) is 6.64. The number of hydrogen-bond donors (Lipinski definition) is 2. The molecule has 1 unspecified atom stereocenters. The van der Waals surface area contributed by atoms with Gasteiger partial charge in [-0.1, -0.05) is 0 Å². The highest BCUT2D eigenvalue weighted by Gasteiger charge is 2.40. The van der Waals surface area contributed by atoms with Crippen molar-refractivity contribution in [2.45, 2.75) is 46.1 Å². The third-order valence-corrected chi connectivity index (χ3v) is 4.31. The molecule has 0 radical (unpaired) electrons. The molecule has 110 valence electrons. The van der Waals surface area contributed by atoms with Gasteiger partial charge in [0.05, 0.1) is 7.11 Å². The summed E-state index contributed by atoms with van der Waals surface area (Å²) < 4.78 is 11.5. The summed E-state index contributed by atoms with van der Waals surface area (Å²) in [7, 11) is 1.68. The Bertz CT molecular complexity index is 569. The Morgan fingerprint density at radius 1 is 1.30 bits per heavy atom. The highest BCUT2D eigenvalue weighted by molar-refractivity contribution is 5.85. The normalized spacial score (nSPS) is 20.9. The van der Waals surface area contributed by atoms with Crippen molar-refractivity contribution >= 4 is 5.91 Å². The van der Waals surface area contributed by atoms with Gasteiger partial charge in [-0.05, 0) is 50.8 Å². The maximum absolute atomic E-state index is 11.9. The van der Waals surface area contributed by atoms with Crippen LogP contribution in [0.1, 0.15) is 35.6 Å². The lowest BCUT2D eigenvalue weighted by Crippen LogP contribution is -2.53. The maximum atomic E-state index is 11.9. The average Bonchev–Trinajstić information content (AvgIpc) is 2.44. The molecule has 1 aromatic carbocycles. The summed E-state index contributed by atoms with van der Waals surface area (Å²) in [4.78, 5) is 11.9. The van der Waals surface area contributed by atoms with E-state index in [1.807, 2.05) is 20.8 Å². The molecule has 0 aliphatic carbocycles. The second kappa shape index (κ2) is 4.98. The molecule has 0 saturated carbocycles. The van der Waals surface area contributed by atoms with Crippen LogP contribution in [0.5, 0.6) is 11.5 Å². The number of nitrogens with one attached hydrogen (secondary N) is 1. The predicted octanol–water partition coefficient (Wildman–Crippen LogP) is 1.69. The van der Waals surface area contributed by atoms with Crippen molar-refractivity contribution in [2.75, 3.05) is 7.11 Å². The van der Waals surface area contributed by atoms with Gasteiger partial charge in [0.15, 0.2) is 5.60 Å². The van der Waals surface area contributed by atoms with Crippen LogP contribution < -0.4 is 20.7 Å². The predicted molar refractivity (Wildman–Crippen MR) is 76.9 cm³/mol. The topological polar surface area (TPSA) is 73.6 Å². The van der Waals surface area contributed by atoms with E-state index in [4.69, 9.17) is 15.3 Å². The smallest absolute Gasteiger partial charge is 0.277 e. The van der Waals surface area contributed by atoms with E-state index in [1.165, 1.54) is 0 Å². The second-order valence-electron chi connectivity index (χ2n) is 5.52. The number of ether oxygens (including phenoxy) is 2. The van der Waals surface area contributed by atoms with Crippen LogP contribution in [-0.4, -0.2) is 18.6 Å². The van der Waals surface area contributed by atoms with Crippen molar-refractivity contribution in [1.82, 2.24) is 5.43 Å². The highest BCUT2D eigenvalue weighted by atomic mass is 16.5. The Labute approximate surface area is 119 Å². The maximum Gasteiger partial charge on any atom is 0.277 e. The zero-order valence-corrected chi connectivity index (χ0v) is 12.7. The SMILES string of the molecule is COc1c(C)c(C)c2c(c1C)CCC(C)(C(=O)NN)O2. The van der Waals surface area contributed by atoms with Crippen molar-refractivity contribution in [3.63, 3.8) is 0 Å². The number of benzene rings is 1. The molecule has 1 amide bonds. The number of nitrogens with two attached hydrogens (primary N) is 1. The number of hydrogen-bond acceptors (Lipinski definition) is 4. The third kappa shape index (κ3) is 2.02.